The van der Waals surface area contributed by atoms with Crippen LogP contribution in [0.15, 0.2) is 36.7 Å². The van der Waals surface area contributed by atoms with Crippen LogP contribution in [0.5, 0.6) is 0 Å². The summed E-state index contributed by atoms with van der Waals surface area (Å²) in [6, 6.07) is 7.76. The summed E-state index contributed by atoms with van der Waals surface area (Å²) in [5.41, 5.74) is 0.693. The van der Waals surface area contributed by atoms with Crippen molar-refractivity contribution in [2.75, 3.05) is 0 Å². The van der Waals surface area contributed by atoms with Gasteiger partial charge in [0.2, 0.25) is 0 Å². The van der Waals surface area contributed by atoms with E-state index in [0.29, 0.717) is 5.56 Å². The highest BCUT2D eigenvalue weighted by molar-refractivity contribution is 6.06. The first-order valence-electron chi connectivity index (χ1n) is 5.13. The molecule has 1 aromatic carbocycles. The van der Waals surface area contributed by atoms with E-state index in [1.165, 1.54) is 0 Å². The Bertz CT molecular complexity index is 458. The Labute approximate surface area is 90.0 Å². The van der Waals surface area contributed by atoms with Crippen molar-refractivity contribution in [1.29, 1.82) is 0 Å². The molecule has 0 fully saturated rings. The first-order chi connectivity index (χ1) is 7.29. The molecule has 78 valence electrons. The van der Waals surface area contributed by atoms with Crippen LogP contribution in [-0.4, -0.2) is 10.8 Å². The number of carbonyl (C=O) groups excluding carboxylic acids is 1. The highest BCUT2D eigenvalue weighted by Crippen LogP contribution is 2.16. The molecule has 2 heteroatoms. The minimum Gasteiger partial charge on any atom is -0.294 e. The second-order valence-electron chi connectivity index (χ2n) is 2.96. The van der Waals surface area contributed by atoms with Gasteiger partial charge in [-0.15, -0.1) is 0 Å². The number of carbonyl (C=O) groups is 1. The van der Waals surface area contributed by atoms with Crippen molar-refractivity contribution < 1.29 is 4.79 Å². The van der Waals surface area contributed by atoms with Crippen molar-refractivity contribution in [3.05, 3.63) is 42.2 Å². The number of hydrogen-bond acceptors (Lipinski definition) is 2. The average molecular weight is 201 g/mol. The maximum atomic E-state index is 11.2. The quantitative estimate of drug-likeness (QED) is 0.661. The molecule has 2 nitrogen and oxygen atoms in total. The van der Waals surface area contributed by atoms with Crippen molar-refractivity contribution in [2.24, 2.45) is 0 Å². The van der Waals surface area contributed by atoms with E-state index in [4.69, 9.17) is 0 Å². The van der Waals surface area contributed by atoms with Crippen LogP contribution in [0.1, 0.15) is 31.1 Å². The molecule has 0 N–H and O–H groups in total. The number of fused-ring (bicyclic) bond motifs is 1. The zero-order valence-electron chi connectivity index (χ0n) is 9.32. The number of benzene rings is 1. The maximum Gasteiger partial charge on any atom is 0.161 e. The minimum absolute atomic E-state index is 0.0595. The molecule has 0 unspecified atom stereocenters. The van der Waals surface area contributed by atoms with Crippen LogP contribution in [0.3, 0.4) is 0 Å². The smallest absolute Gasteiger partial charge is 0.161 e. The summed E-state index contributed by atoms with van der Waals surface area (Å²) in [4.78, 5) is 15.2. The summed E-state index contributed by atoms with van der Waals surface area (Å²) in [5, 5.41) is 1.99. The fourth-order valence-corrected chi connectivity index (χ4v) is 1.40. The minimum atomic E-state index is 0.0595. The van der Waals surface area contributed by atoms with E-state index in [1.807, 2.05) is 38.1 Å². The van der Waals surface area contributed by atoms with E-state index in [2.05, 4.69) is 4.98 Å². The number of pyridine rings is 1. The second kappa shape index (κ2) is 5.25. The molecule has 0 amide bonds. The van der Waals surface area contributed by atoms with Crippen LogP contribution in [0, 0.1) is 0 Å². The number of hydrogen-bond donors (Lipinski definition) is 0. The first-order valence-corrected chi connectivity index (χ1v) is 5.13. The molecule has 0 bridgehead atoms. The standard InChI is InChI=1S/C11H9NO.C2H6/c1-8(13)11-7-12-6-9-4-2-3-5-10(9)11;1-2/h2-7H,1H3;1-2H3. The average Bonchev–Trinajstić information content (AvgIpc) is 2.31. The lowest BCUT2D eigenvalue weighted by Crippen LogP contribution is -1.94. The lowest BCUT2D eigenvalue weighted by Gasteiger charge is -2.00. The van der Waals surface area contributed by atoms with Gasteiger partial charge in [0.15, 0.2) is 5.78 Å². The second-order valence-corrected chi connectivity index (χ2v) is 2.96. The van der Waals surface area contributed by atoms with Crippen LogP contribution in [0.4, 0.5) is 0 Å². The van der Waals surface area contributed by atoms with Crippen molar-refractivity contribution in [2.45, 2.75) is 20.8 Å². The Morgan fingerprint density at radius 2 is 1.80 bits per heavy atom. The topological polar surface area (TPSA) is 30.0 Å². The summed E-state index contributed by atoms with van der Waals surface area (Å²) in [6.07, 6.45) is 3.38. The van der Waals surface area contributed by atoms with Gasteiger partial charge in [-0.3, -0.25) is 9.78 Å². The van der Waals surface area contributed by atoms with E-state index in [1.54, 1.807) is 19.3 Å². The Morgan fingerprint density at radius 3 is 2.47 bits per heavy atom. The van der Waals surface area contributed by atoms with Crippen LogP contribution in [-0.2, 0) is 0 Å². The SMILES string of the molecule is CC.CC(=O)c1cncc2ccccc12. The third-order valence-corrected chi connectivity index (χ3v) is 2.05. The van der Waals surface area contributed by atoms with Crippen LogP contribution in [0.25, 0.3) is 10.8 Å². The molecule has 0 radical (unpaired) electrons. The molecule has 2 aromatic rings. The number of Topliss-reactive ketones (excluding diaryl/α,β-unsaturated/α-hetero) is 1. The largest absolute Gasteiger partial charge is 0.294 e. The molecule has 0 aliphatic carbocycles. The van der Waals surface area contributed by atoms with Gasteiger partial charge >= 0.3 is 0 Å². The third kappa shape index (κ3) is 2.40. The number of nitrogens with zero attached hydrogens (tertiary/aromatic N) is 1. The summed E-state index contributed by atoms with van der Waals surface area (Å²) < 4.78 is 0. The molecule has 15 heavy (non-hydrogen) atoms. The molecule has 0 saturated heterocycles. The molecule has 0 aliphatic heterocycles. The van der Waals surface area contributed by atoms with E-state index < -0.39 is 0 Å². The molecule has 0 spiro atoms. The van der Waals surface area contributed by atoms with Gasteiger partial charge in [-0.05, 0) is 12.3 Å². The Morgan fingerprint density at radius 1 is 1.13 bits per heavy atom. The van der Waals surface area contributed by atoms with Gasteiger partial charge < -0.3 is 0 Å². The van der Waals surface area contributed by atoms with Crippen molar-refractivity contribution in [3.8, 4) is 0 Å². The normalized spacial score (nSPS) is 9.27. The van der Waals surface area contributed by atoms with Gasteiger partial charge in [0.25, 0.3) is 0 Å². The van der Waals surface area contributed by atoms with Gasteiger partial charge in [0.1, 0.15) is 0 Å². The number of rotatable bonds is 1. The maximum absolute atomic E-state index is 11.2. The van der Waals surface area contributed by atoms with Crippen LogP contribution < -0.4 is 0 Å². The van der Waals surface area contributed by atoms with Crippen molar-refractivity contribution in [1.82, 2.24) is 4.98 Å². The fourth-order valence-electron chi connectivity index (χ4n) is 1.40. The predicted molar refractivity (Wildman–Crippen MR) is 63.1 cm³/mol. The molecule has 0 saturated carbocycles. The van der Waals surface area contributed by atoms with E-state index >= 15 is 0 Å². The third-order valence-electron chi connectivity index (χ3n) is 2.05. The molecule has 0 aliphatic rings. The van der Waals surface area contributed by atoms with Gasteiger partial charge in [-0.25, -0.2) is 0 Å². The molecular weight excluding hydrogens is 186 g/mol. The van der Waals surface area contributed by atoms with Crippen LogP contribution >= 0.6 is 0 Å². The lowest BCUT2D eigenvalue weighted by atomic mass is 10.1. The zero-order chi connectivity index (χ0) is 11.3. The Kier molecular flexibility index (Phi) is 3.98. The zero-order valence-corrected chi connectivity index (χ0v) is 9.32. The highest BCUT2D eigenvalue weighted by atomic mass is 16.1. The monoisotopic (exact) mass is 201 g/mol. The van der Waals surface area contributed by atoms with Crippen molar-refractivity contribution >= 4 is 16.6 Å². The molecule has 2 rings (SSSR count). The fraction of sp³-hybridized carbons (Fsp3) is 0.231. The van der Waals surface area contributed by atoms with E-state index in [9.17, 15) is 4.79 Å². The van der Waals surface area contributed by atoms with Crippen LogP contribution in [0.2, 0.25) is 0 Å². The number of ketones is 1. The number of aromatic nitrogens is 1. The molecule has 1 aromatic heterocycles. The van der Waals surface area contributed by atoms with Gasteiger partial charge in [-0.2, -0.15) is 0 Å². The first kappa shape index (κ1) is 11.4. The summed E-state index contributed by atoms with van der Waals surface area (Å²) >= 11 is 0. The predicted octanol–water partition coefficient (Wildman–Crippen LogP) is 3.46. The van der Waals surface area contributed by atoms with E-state index in [0.717, 1.165) is 10.8 Å². The molecule has 1 heterocycles. The Balaban J connectivity index is 0.000000531. The molecule has 0 atom stereocenters. The summed E-state index contributed by atoms with van der Waals surface area (Å²) in [5.74, 6) is 0.0595. The van der Waals surface area contributed by atoms with Gasteiger partial charge in [0, 0.05) is 23.3 Å². The molecular formula is C13H15NO. The highest BCUT2D eigenvalue weighted by Gasteiger charge is 2.03. The summed E-state index contributed by atoms with van der Waals surface area (Å²) in [6.45, 7) is 5.56. The van der Waals surface area contributed by atoms with Gasteiger partial charge in [-0.1, -0.05) is 38.1 Å². The Hall–Kier alpha value is -1.70. The van der Waals surface area contributed by atoms with E-state index in [-0.39, 0.29) is 5.78 Å². The lowest BCUT2D eigenvalue weighted by molar-refractivity contribution is 0.101. The summed E-state index contributed by atoms with van der Waals surface area (Å²) in [7, 11) is 0. The van der Waals surface area contributed by atoms with Crippen molar-refractivity contribution in [3.63, 3.8) is 0 Å². The van der Waals surface area contributed by atoms with Gasteiger partial charge in [0.05, 0.1) is 0 Å².